The zero-order chi connectivity index (χ0) is 29.6. The first-order valence-electron chi connectivity index (χ1n) is 14.7. The number of benzene rings is 1. The molecule has 2 atom stereocenters. The van der Waals surface area contributed by atoms with Crippen LogP contribution in [0, 0.1) is 0 Å². The molecule has 0 saturated carbocycles. The Balaban J connectivity index is 2.76. The topological polar surface area (TPSA) is 107 Å². The van der Waals surface area contributed by atoms with Gasteiger partial charge < -0.3 is 26.6 Å². The van der Waals surface area contributed by atoms with Crippen LogP contribution >= 0.6 is 0 Å². The quantitative estimate of drug-likeness (QED) is 0.0723. The van der Waals surface area contributed by atoms with E-state index >= 15 is 0 Å². The van der Waals surface area contributed by atoms with Gasteiger partial charge in [-0.3, -0.25) is 14.6 Å². The van der Waals surface area contributed by atoms with Crippen molar-refractivity contribution in [1.29, 1.82) is 0 Å². The van der Waals surface area contributed by atoms with Crippen LogP contribution in [-0.4, -0.2) is 55.9 Å². The summed E-state index contributed by atoms with van der Waals surface area (Å²) in [5, 5.41) is 15.6. The molecule has 8 heteroatoms. The van der Waals surface area contributed by atoms with Crippen LogP contribution in [0.4, 0.5) is 0 Å². The molecule has 0 aromatic heterocycles. The molecule has 8 nitrogen and oxygen atoms in total. The highest BCUT2D eigenvalue weighted by molar-refractivity contribution is 5.89. The smallest absolute Gasteiger partial charge is 0.244 e. The number of aliphatic imine (C=N–C) groups is 1. The number of amidine groups is 1. The fraction of sp³-hybridized carbons (Fsp3) is 0.531. The van der Waals surface area contributed by atoms with Crippen molar-refractivity contribution in [1.82, 2.24) is 26.6 Å². The van der Waals surface area contributed by atoms with Crippen LogP contribution in [0.15, 0.2) is 66.0 Å². The van der Waals surface area contributed by atoms with Gasteiger partial charge in [-0.25, -0.2) is 0 Å². The minimum Gasteiger partial charge on any atom is -0.379 e. The zero-order valence-electron chi connectivity index (χ0n) is 25.3. The predicted octanol–water partition coefficient (Wildman–Crippen LogP) is 4.15. The molecule has 222 valence electrons. The molecule has 0 fully saturated rings. The summed E-state index contributed by atoms with van der Waals surface area (Å²) >= 11 is 0. The number of nitrogens with one attached hydrogen (secondary N) is 5. The van der Waals surface area contributed by atoms with Crippen molar-refractivity contribution >= 4 is 17.6 Å². The monoisotopic (exact) mass is 552 g/mol. The number of carbonyl (C=O) groups excluding carboxylic acids is 2. The second-order valence-electron chi connectivity index (χ2n) is 9.88. The average molecular weight is 553 g/mol. The molecule has 40 heavy (non-hydrogen) atoms. The van der Waals surface area contributed by atoms with E-state index in [2.05, 4.69) is 96.2 Å². The van der Waals surface area contributed by atoms with Crippen LogP contribution < -0.4 is 26.6 Å². The van der Waals surface area contributed by atoms with Gasteiger partial charge in [0.2, 0.25) is 11.8 Å². The van der Waals surface area contributed by atoms with E-state index in [1.165, 1.54) is 11.1 Å². The number of carbonyl (C=O) groups is 2. The van der Waals surface area contributed by atoms with Gasteiger partial charge in [0.1, 0.15) is 6.04 Å². The first-order chi connectivity index (χ1) is 19.3. The van der Waals surface area contributed by atoms with Gasteiger partial charge >= 0.3 is 0 Å². The predicted molar refractivity (Wildman–Crippen MR) is 168 cm³/mol. The van der Waals surface area contributed by atoms with Gasteiger partial charge in [-0.2, -0.15) is 0 Å². The van der Waals surface area contributed by atoms with Crippen LogP contribution in [-0.2, 0) is 22.4 Å². The van der Waals surface area contributed by atoms with Gasteiger partial charge in [0.15, 0.2) is 0 Å². The minimum atomic E-state index is -0.779. The molecule has 1 unspecified atom stereocenters. The van der Waals surface area contributed by atoms with Crippen molar-refractivity contribution in [2.24, 2.45) is 4.99 Å². The molecule has 1 rings (SSSR count). The normalized spacial score (nSPS) is 13.5. The summed E-state index contributed by atoms with van der Waals surface area (Å²) in [6.45, 7) is 15.4. The van der Waals surface area contributed by atoms with E-state index in [0.29, 0.717) is 25.0 Å². The Bertz CT molecular complexity index is 985. The minimum absolute atomic E-state index is 0.0784. The summed E-state index contributed by atoms with van der Waals surface area (Å²) in [7, 11) is 0. The Kier molecular flexibility index (Phi) is 18.6. The van der Waals surface area contributed by atoms with E-state index in [1.807, 2.05) is 6.92 Å². The number of nitrogens with zero attached hydrogens (tertiary/aromatic N) is 1. The van der Waals surface area contributed by atoms with Crippen LogP contribution in [0.5, 0.6) is 0 Å². The van der Waals surface area contributed by atoms with Gasteiger partial charge in [0.25, 0.3) is 0 Å². The maximum absolute atomic E-state index is 13.1. The Hall–Kier alpha value is -3.39. The third-order valence-corrected chi connectivity index (χ3v) is 6.43. The fourth-order valence-corrected chi connectivity index (χ4v) is 3.95. The molecule has 0 saturated heterocycles. The molecule has 0 heterocycles. The molecule has 0 aliphatic carbocycles. The van der Waals surface area contributed by atoms with Gasteiger partial charge in [-0.1, -0.05) is 70.2 Å². The summed E-state index contributed by atoms with van der Waals surface area (Å²) in [6.07, 6.45) is 13.0. The lowest BCUT2D eigenvalue weighted by atomic mass is 9.99. The molecule has 0 bridgehead atoms. The molecule has 0 radical (unpaired) electrons. The third-order valence-electron chi connectivity index (χ3n) is 6.43. The standard InChI is InChI=1S/C32H52N6O2/c1-7-11-20-33-26(6)36-23-30(38-31(39)24-37-29(16-9-3)22-35-25(5)10-4)32(40)34-21-14-19-28-18-13-12-17-27(28)15-8-2/h7,11-13,16-18,20,25,30,35,37H,1,8-10,14-15,19,21-24H2,2-6H3,(H,33,36)(H,34,40)(H,38,39)/b20-11-,29-16+/t25-,30?/m0/s1. The van der Waals surface area contributed by atoms with Crippen molar-refractivity contribution in [3.63, 3.8) is 0 Å². The zero-order valence-corrected chi connectivity index (χ0v) is 25.3. The van der Waals surface area contributed by atoms with Crippen LogP contribution in [0.1, 0.15) is 71.4 Å². The molecular formula is C32H52N6O2. The molecule has 1 aromatic rings. The summed E-state index contributed by atoms with van der Waals surface area (Å²) in [4.78, 5) is 30.4. The highest BCUT2D eigenvalue weighted by Crippen LogP contribution is 2.13. The van der Waals surface area contributed by atoms with E-state index < -0.39 is 6.04 Å². The molecular weight excluding hydrogens is 500 g/mol. The van der Waals surface area contributed by atoms with Crippen molar-refractivity contribution in [2.45, 2.75) is 85.2 Å². The highest BCUT2D eigenvalue weighted by atomic mass is 16.2. The number of allylic oxidation sites excluding steroid dienone is 3. The first-order valence-corrected chi connectivity index (χ1v) is 14.7. The lowest BCUT2D eigenvalue weighted by Gasteiger charge is -2.19. The Labute approximate surface area is 242 Å². The summed E-state index contributed by atoms with van der Waals surface area (Å²) in [6, 6.07) is 8.09. The second-order valence-corrected chi connectivity index (χ2v) is 9.88. The van der Waals surface area contributed by atoms with Crippen molar-refractivity contribution in [3.8, 4) is 0 Å². The van der Waals surface area contributed by atoms with E-state index in [9.17, 15) is 9.59 Å². The maximum atomic E-state index is 13.1. The number of amides is 2. The van der Waals surface area contributed by atoms with E-state index in [1.54, 1.807) is 18.4 Å². The second kappa shape index (κ2) is 21.4. The lowest BCUT2D eigenvalue weighted by molar-refractivity contribution is -0.128. The van der Waals surface area contributed by atoms with E-state index in [0.717, 1.165) is 44.2 Å². The lowest BCUT2D eigenvalue weighted by Crippen LogP contribution is -2.51. The van der Waals surface area contributed by atoms with Crippen molar-refractivity contribution in [2.75, 3.05) is 26.2 Å². The summed E-state index contributed by atoms with van der Waals surface area (Å²) < 4.78 is 0. The molecule has 0 aliphatic heterocycles. The van der Waals surface area contributed by atoms with Crippen molar-refractivity contribution in [3.05, 3.63) is 72.1 Å². The van der Waals surface area contributed by atoms with Gasteiger partial charge in [0, 0.05) is 31.0 Å². The molecule has 5 N–H and O–H groups in total. The van der Waals surface area contributed by atoms with Gasteiger partial charge in [-0.05, 0) is 63.2 Å². The van der Waals surface area contributed by atoms with E-state index in [4.69, 9.17) is 0 Å². The van der Waals surface area contributed by atoms with Gasteiger partial charge in [-0.15, -0.1) is 0 Å². The Morgan fingerprint density at radius 2 is 1.77 bits per heavy atom. The summed E-state index contributed by atoms with van der Waals surface area (Å²) in [5.41, 5.74) is 3.66. The Morgan fingerprint density at radius 3 is 2.42 bits per heavy atom. The van der Waals surface area contributed by atoms with Crippen LogP contribution in [0.2, 0.25) is 0 Å². The van der Waals surface area contributed by atoms with Crippen LogP contribution in [0.3, 0.4) is 0 Å². The Morgan fingerprint density at radius 1 is 1.05 bits per heavy atom. The van der Waals surface area contributed by atoms with Crippen LogP contribution in [0.25, 0.3) is 0 Å². The first kappa shape index (κ1) is 34.6. The number of rotatable bonds is 20. The number of hydrogen-bond donors (Lipinski definition) is 5. The fourth-order valence-electron chi connectivity index (χ4n) is 3.95. The van der Waals surface area contributed by atoms with Gasteiger partial charge in [0.05, 0.1) is 18.9 Å². The number of hydrogen-bond acceptors (Lipinski definition) is 5. The number of aryl methyl sites for hydroxylation is 2. The van der Waals surface area contributed by atoms with Crippen molar-refractivity contribution < 1.29 is 9.59 Å². The molecule has 2 amide bonds. The molecule has 0 spiro atoms. The molecule has 0 aliphatic rings. The SMILES string of the molecule is C=C/C=C\NC(C)=NCC(NC(=O)CN/C(=C/CC)CN[C@@H](C)CC)C(=O)NCCCc1ccccc1CCC. The third kappa shape index (κ3) is 15.3. The van der Waals surface area contributed by atoms with E-state index in [-0.39, 0.29) is 24.9 Å². The maximum Gasteiger partial charge on any atom is 0.244 e. The summed E-state index contributed by atoms with van der Waals surface area (Å²) in [5.74, 6) is 0.141. The largest absolute Gasteiger partial charge is 0.379 e. The highest BCUT2D eigenvalue weighted by Gasteiger charge is 2.20. The molecule has 1 aromatic carbocycles. The average Bonchev–Trinajstić information content (AvgIpc) is 2.95.